The first-order valence-corrected chi connectivity index (χ1v) is 13.0. The Labute approximate surface area is 176 Å². The van der Waals surface area contributed by atoms with Gasteiger partial charge in [0.2, 0.25) is 0 Å². The fraction of sp³-hybridized carbons (Fsp3) is 1.00. The first kappa shape index (κ1) is 22.6. The molecule has 0 saturated heterocycles. The summed E-state index contributed by atoms with van der Waals surface area (Å²) in [6, 6.07) is 0. The molecule has 3 aliphatic rings. The minimum Gasteiger partial charge on any atom is -0.330 e. The van der Waals surface area contributed by atoms with E-state index in [1.165, 1.54) is 96.3 Å². The van der Waals surface area contributed by atoms with Gasteiger partial charge in [0.1, 0.15) is 0 Å². The molecule has 2 heteroatoms. The number of hydrogen-bond acceptors (Lipinski definition) is 2. The summed E-state index contributed by atoms with van der Waals surface area (Å²) in [5.74, 6) is 4.69. The van der Waals surface area contributed by atoms with E-state index in [4.69, 9.17) is 11.5 Å². The van der Waals surface area contributed by atoms with Gasteiger partial charge in [-0.1, -0.05) is 97.3 Å². The minimum absolute atomic E-state index is 0.374. The van der Waals surface area contributed by atoms with Crippen molar-refractivity contribution < 1.29 is 0 Å². The van der Waals surface area contributed by atoms with Gasteiger partial charge in [-0.3, -0.25) is 0 Å². The Bertz CT molecular complexity index is 432. The van der Waals surface area contributed by atoms with Gasteiger partial charge in [-0.05, 0) is 66.9 Å². The Morgan fingerprint density at radius 1 is 0.679 bits per heavy atom. The highest BCUT2D eigenvalue weighted by Crippen LogP contribution is 2.56. The van der Waals surface area contributed by atoms with Crippen molar-refractivity contribution in [3.05, 3.63) is 0 Å². The lowest BCUT2D eigenvalue weighted by Gasteiger charge is -2.55. The molecule has 3 saturated carbocycles. The molecule has 0 heterocycles. The highest BCUT2D eigenvalue weighted by atomic mass is 14.7. The lowest BCUT2D eigenvalue weighted by atomic mass is 9.50. The van der Waals surface area contributed by atoms with Crippen LogP contribution >= 0.6 is 0 Å². The topological polar surface area (TPSA) is 52.0 Å². The summed E-state index contributed by atoms with van der Waals surface area (Å²) in [6.45, 7) is 7.07. The van der Waals surface area contributed by atoms with Crippen molar-refractivity contribution in [1.29, 1.82) is 0 Å². The average Bonchev–Trinajstić information content (AvgIpc) is 2.76. The van der Waals surface area contributed by atoms with Crippen molar-refractivity contribution in [1.82, 2.24) is 0 Å². The van der Waals surface area contributed by atoms with Gasteiger partial charge in [0, 0.05) is 0 Å². The van der Waals surface area contributed by atoms with E-state index < -0.39 is 0 Å². The third-order valence-corrected chi connectivity index (χ3v) is 9.91. The third kappa shape index (κ3) is 4.80. The number of rotatable bonds is 8. The van der Waals surface area contributed by atoms with Gasteiger partial charge in [0.05, 0.1) is 0 Å². The van der Waals surface area contributed by atoms with Crippen LogP contribution in [-0.2, 0) is 0 Å². The summed E-state index contributed by atoms with van der Waals surface area (Å²) < 4.78 is 0. The predicted molar refractivity (Wildman–Crippen MR) is 122 cm³/mol. The summed E-state index contributed by atoms with van der Waals surface area (Å²) in [6.07, 6.45) is 21.5. The Kier molecular flexibility index (Phi) is 8.72. The van der Waals surface area contributed by atoms with Gasteiger partial charge in [0.25, 0.3) is 0 Å². The molecule has 3 rings (SSSR count). The molecule has 28 heavy (non-hydrogen) atoms. The largest absolute Gasteiger partial charge is 0.330 e. The van der Waals surface area contributed by atoms with E-state index in [0.717, 1.165) is 30.8 Å². The molecule has 164 valence electrons. The monoisotopic (exact) mass is 390 g/mol. The molecule has 0 amide bonds. The van der Waals surface area contributed by atoms with Crippen LogP contribution < -0.4 is 11.5 Å². The van der Waals surface area contributed by atoms with Crippen LogP contribution in [-0.4, -0.2) is 13.1 Å². The molecule has 0 spiro atoms. The van der Waals surface area contributed by atoms with E-state index in [9.17, 15) is 0 Å². The summed E-state index contributed by atoms with van der Waals surface area (Å²) in [4.78, 5) is 0. The zero-order valence-corrected chi connectivity index (χ0v) is 19.1. The van der Waals surface area contributed by atoms with Crippen molar-refractivity contribution in [3.63, 3.8) is 0 Å². The Morgan fingerprint density at radius 3 is 1.61 bits per heavy atom. The minimum atomic E-state index is 0.374. The van der Waals surface area contributed by atoms with Gasteiger partial charge in [-0.2, -0.15) is 0 Å². The fourth-order valence-corrected chi connectivity index (χ4v) is 8.06. The Morgan fingerprint density at radius 2 is 1.14 bits per heavy atom. The van der Waals surface area contributed by atoms with Gasteiger partial charge < -0.3 is 11.5 Å². The second-order valence-corrected chi connectivity index (χ2v) is 11.0. The number of hydrogen-bond donors (Lipinski definition) is 2. The van der Waals surface area contributed by atoms with Crippen LogP contribution in [0.25, 0.3) is 0 Å². The zero-order chi connectivity index (χ0) is 20.0. The molecular formula is C26H50N2. The quantitative estimate of drug-likeness (QED) is 0.495. The highest BCUT2D eigenvalue weighted by Gasteiger charge is 2.50. The predicted octanol–water partition coefficient (Wildman–Crippen LogP) is 6.52. The van der Waals surface area contributed by atoms with Crippen LogP contribution in [0.4, 0.5) is 0 Å². The lowest BCUT2D eigenvalue weighted by Crippen LogP contribution is -2.52. The highest BCUT2D eigenvalue weighted by molar-refractivity contribution is 5.00. The third-order valence-electron chi connectivity index (χ3n) is 9.91. The van der Waals surface area contributed by atoms with E-state index in [1.807, 2.05) is 0 Å². The fourth-order valence-electron chi connectivity index (χ4n) is 8.06. The molecule has 0 bridgehead atoms. The van der Waals surface area contributed by atoms with Crippen molar-refractivity contribution in [3.8, 4) is 0 Å². The maximum atomic E-state index is 6.62. The second kappa shape index (κ2) is 10.8. The van der Waals surface area contributed by atoms with Crippen LogP contribution in [0.5, 0.6) is 0 Å². The van der Waals surface area contributed by atoms with Crippen LogP contribution in [0.1, 0.15) is 110 Å². The molecule has 4 atom stereocenters. The van der Waals surface area contributed by atoms with Gasteiger partial charge >= 0.3 is 0 Å². The number of nitrogens with two attached hydrogens (primary N) is 2. The first-order chi connectivity index (χ1) is 13.6. The van der Waals surface area contributed by atoms with Crippen molar-refractivity contribution in [2.24, 2.45) is 52.4 Å². The van der Waals surface area contributed by atoms with E-state index >= 15 is 0 Å². The van der Waals surface area contributed by atoms with Crippen molar-refractivity contribution in [2.45, 2.75) is 110 Å². The Balaban J connectivity index is 1.88. The van der Waals surface area contributed by atoms with E-state index in [1.54, 1.807) is 0 Å². The molecule has 0 radical (unpaired) electrons. The molecule has 0 aromatic heterocycles. The Hall–Kier alpha value is -0.0800. The molecule has 3 fully saturated rings. The zero-order valence-electron chi connectivity index (χ0n) is 19.1. The SMILES string of the molecule is CC(C(CN)C1CCCCC1)C(C)(C1CCCCC1)C(CN)C1CCCCC1. The summed E-state index contributed by atoms with van der Waals surface area (Å²) in [7, 11) is 0. The molecular weight excluding hydrogens is 340 g/mol. The summed E-state index contributed by atoms with van der Waals surface area (Å²) in [5, 5.41) is 0. The van der Waals surface area contributed by atoms with E-state index in [0.29, 0.717) is 23.2 Å². The molecule has 3 aliphatic carbocycles. The van der Waals surface area contributed by atoms with E-state index in [-0.39, 0.29) is 0 Å². The molecule has 4 unspecified atom stereocenters. The van der Waals surface area contributed by atoms with E-state index in [2.05, 4.69) is 13.8 Å². The smallest absolute Gasteiger partial charge is 0.00408 e. The van der Waals surface area contributed by atoms with Crippen LogP contribution in [0.2, 0.25) is 0 Å². The van der Waals surface area contributed by atoms with Crippen LogP contribution in [0.3, 0.4) is 0 Å². The maximum absolute atomic E-state index is 6.62. The average molecular weight is 391 g/mol. The van der Waals surface area contributed by atoms with Crippen molar-refractivity contribution >= 4 is 0 Å². The molecule has 2 nitrogen and oxygen atoms in total. The lowest BCUT2D eigenvalue weighted by molar-refractivity contribution is -0.0580. The molecule has 4 N–H and O–H groups in total. The standard InChI is InChI=1S/C26H50N2/c1-20(24(18-27)21-12-6-3-7-13-21)26(2,23-16-10-5-11-17-23)25(19-28)22-14-8-4-9-15-22/h20-25H,3-19,27-28H2,1-2H3. The summed E-state index contributed by atoms with van der Waals surface area (Å²) in [5.41, 5.74) is 13.5. The second-order valence-electron chi connectivity index (χ2n) is 11.0. The molecule has 0 aromatic rings. The first-order valence-electron chi connectivity index (χ1n) is 13.0. The molecule has 0 aliphatic heterocycles. The van der Waals surface area contributed by atoms with Crippen LogP contribution in [0.15, 0.2) is 0 Å². The molecule has 0 aromatic carbocycles. The summed E-state index contributed by atoms with van der Waals surface area (Å²) >= 11 is 0. The maximum Gasteiger partial charge on any atom is -0.00408 e. The van der Waals surface area contributed by atoms with Gasteiger partial charge in [-0.15, -0.1) is 0 Å². The van der Waals surface area contributed by atoms with Gasteiger partial charge in [0.15, 0.2) is 0 Å². The normalized spacial score (nSPS) is 29.1. The van der Waals surface area contributed by atoms with Crippen molar-refractivity contribution in [2.75, 3.05) is 13.1 Å². The van der Waals surface area contributed by atoms with Crippen LogP contribution in [0, 0.1) is 40.9 Å². The van der Waals surface area contributed by atoms with Gasteiger partial charge in [-0.25, -0.2) is 0 Å².